The first-order valence-corrected chi connectivity index (χ1v) is 12.6. The number of amides is 2. The molecule has 0 aliphatic rings. The smallest absolute Gasteiger partial charge is 0.259 e. The molecule has 0 saturated carbocycles. The zero-order valence-corrected chi connectivity index (χ0v) is 21.8. The van der Waals surface area contributed by atoms with E-state index in [0.29, 0.717) is 23.4 Å². The lowest BCUT2D eigenvalue weighted by Crippen LogP contribution is -2.34. The third kappa shape index (κ3) is 7.14. The molecule has 0 bridgehead atoms. The topological polar surface area (TPSA) is 97.6 Å². The number of hydrogen-bond donors (Lipinski definition) is 2. The van der Waals surface area contributed by atoms with Crippen molar-refractivity contribution in [1.29, 1.82) is 0 Å². The van der Waals surface area contributed by atoms with E-state index in [2.05, 4.69) is 38.7 Å². The number of benzene rings is 3. The van der Waals surface area contributed by atoms with Crippen LogP contribution in [0.2, 0.25) is 0 Å². The second-order valence-electron chi connectivity index (χ2n) is 8.07. The maximum absolute atomic E-state index is 12.3. The number of ether oxygens (including phenoxy) is 1. The number of halogens is 1. The van der Waals surface area contributed by atoms with Gasteiger partial charge in [0.2, 0.25) is 0 Å². The molecule has 9 heteroatoms. The van der Waals surface area contributed by atoms with Gasteiger partial charge in [0, 0.05) is 27.4 Å². The van der Waals surface area contributed by atoms with Crippen LogP contribution < -0.4 is 15.5 Å². The van der Waals surface area contributed by atoms with Crippen LogP contribution in [0.3, 0.4) is 0 Å². The molecule has 2 amide bonds. The lowest BCUT2D eigenvalue weighted by Gasteiger charge is -2.05. The van der Waals surface area contributed by atoms with E-state index in [9.17, 15) is 9.59 Å². The van der Waals surface area contributed by atoms with Crippen molar-refractivity contribution in [2.75, 3.05) is 13.2 Å². The van der Waals surface area contributed by atoms with Crippen molar-refractivity contribution < 1.29 is 14.3 Å². The van der Waals surface area contributed by atoms with Crippen LogP contribution >= 0.6 is 15.9 Å². The van der Waals surface area contributed by atoms with E-state index in [1.54, 1.807) is 22.9 Å². The van der Waals surface area contributed by atoms with Crippen molar-refractivity contribution in [3.05, 3.63) is 101 Å². The van der Waals surface area contributed by atoms with E-state index < -0.39 is 5.91 Å². The number of rotatable bonds is 10. The summed E-state index contributed by atoms with van der Waals surface area (Å²) in [4.78, 5) is 24.5. The van der Waals surface area contributed by atoms with Gasteiger partial charge in [0.05, 0.1) is 25.1 Å². The number of carbonyl (C=O) groups is 2. The second kappa shape index (κ2) is 12.6. The molecular weight excluding hydrogens is 534 g/mol. The summed E-state index contributed by atoms with van der Waals surface area (Å²) >= 11 is 3.33. The monoisotopic (exact) mass is 559 g/mol. The molecule has 0 unspecified atom stereocenters. The number of hydrogen-bond acceptors (Lipinski definition) is 5. The summed E-state index contributed by atoms with van der Waals surface area (Å²) in [5, 5.41) is 11.4. The Morgan fingerprint density at radius 2 is 1.84 bits per heavy atom. The van der Waals surface area contributed by atoms with Crippen molar-refractivity contribution in [2.24, 2.45) is 5.10 Å². The summed E-state index contributed by atoms with van der Waals surface area (Å²) in [7, 11) is 0. The van der Waals surface area contributed by atoms with Crippen LogP contribution in [-0.2, 0) is 4.79 Å². The summed E-state index contributed by atoms with van der Waals surface area (Å²) < 4.78 is 8.23. The van der Waals surface area contributed by atoms with Crippen LogP contribution in [0.15, 0.2) is 94.6 Å². The van der Waals surface area contributed by atoms with E-state index >= 15 is 0 Å². The Kier molecular flexibility index (Phi) is 8.83. The Hall–Kier alpha value is -4.24. The minimum atomic E-state index is -0.450. The molecule has 1 heterocycles. The molecule has 0 saturated heterocycles. The number of nitrogens with one attached hydrogen (secondary N) is 2. The molecule has 0 aliphatic carbocycles. The second-order valence-corrected chi connectivity index (χ2v) is 8.99. The molecule has 0 radical (unpaired) electrons. The van der Waals surface area contributed by atoms with E-state index in [4.69, 9.17) is 9.84 Å². The molecule has 4 rings (SSSR count). The van der Waals surface area contributed by atoms with Gasteiger partial charge >= 0.3 is 0 Å². The average Bonchev–Trinajstić information content (AvgIpc) is 3.35. The Morgan fingerprint density at radius 3 is 2.57 bits per heavy atom. The van der Waals surface area contributed by atoms with E-state index in [1.807, 2.05) is 66.9 Å². The number of carbonyl (C=O) groups excluding carboxylic acids is 2. The van der Waals surface area contributed by atoms with Gasteiger partial charge in [0.15, 0.2) is 0 Å². The summed E-state index contributed by atoms with van der Waals surface area (Å²) in [6.07, 6.45) is 4.32. The van der Waals surface area contributed by atoms with Crippen LogP contribution in [0.1, 0.15) is 29.3 Å². The molecule has 0 spiro atoms. The van der Waals surface area contributed by atoms with Crippen molar-refractivity contribution >= 4 is 34.0 Å². The maximum Gasteiger partial charge on any atom is 0.259 e. The predicted molar refractivity (Wildman–Crippen MR) is 147 cm³/mol. The molecule has 0 aliphatic heterocycles. The third-order valence-electron chi connectivity index (χ3n) is 5.25. The highest BCUT2D eigenvalue weighted by molar-refractivity contribution is 9.10. The van der Waals surface area contributed by atoms with Crippen molar-refractivity contribution in [1.82, 2.24) is 20.5 Å². The molecule has 2 N–H and O–H groups in total. The van der Waals surface area contributed by atoms with Crippen LogP contribution in [0.5, 0.6) is 5.75 Å². The van der Waals surface area contributed by atoms with Gasteiger partial charge in [0.1, 0.15) is 11.4 Å². The van der Waals surface area contributed by atoms with Gasteiger partial charge < -0.3 is 10.1 Å². The first-order valence-electron chi connectivity index (χ1n) is 11.8. The highest BCUT2D eigenvalue weighted by Crippen LogP contribution is 2.25. The molecule has 188 valence electrons. The number of para-hydroxylation sites is 1. The molecular formula is C28H26BrN5O3. The van der Waals surface area contributed by atoms with Gasteiger partial charge in [-0.25, -0.2) is 10.1 Å². The average molecular weight is 560 g/mol. The summed E-state index contributed by atoms with van der Waals surface area (Å²) in [5.41, 5.74) is 6.10. The number of nitrogens with zero attached hydrogens (tertiary/aromatic N) is 3. The fraction of sp³-hybridized carbons (Fsp3) is 0.143. The van der Waals surface area contributed by atoms with E-state index in [-0.39, 0.29) is 12.5 Å². The first-order chi connectivity index (χ1) is 18.0. The third-order valence-corrected chi connectivity index (χ3v) is 5.75. The van der Waals surface area contributed by atoms with Crippen molar-refractivity contribution in [2.45, 2.75) is 13.3 Å². The zero-order chi connectivity index (χ0) is 26.0. The largest absolute Gasteiger partial charge is 0.494 e. The molecule has 0 atom stereocenters. The lowest BCUT2D eigenvalue weighted by molar-refractivity contribution is -0.120. The van der Waals surface area contributed by atoms with E-state index in [0.717, 1.165) is 27.9 Å². The summed E-state index contributed by atoms with van der Waals surface area (Å²) in [6.45, 7) is 2.51. The van der Waals surface area contributed by atoms with E-state index in [1.165, 1.54) is 6.21 Å². The Balaban J connectivity index is 1.46. The summed E-state index contributed by atoms with van der Waals surface area (Å²) in [5.74, 6) is -0.00674. The normalized spacial score (nSPS) is 10.9. The van der Waals surface area contributed by atoms with Crippen LogP contribution in [0.4, 0.5) is 0 Å². The van der Waals surface area contributed by atoms with Gasteiger partial charge in [-0.05, 0) is 61.0 Å². The van der Waals surface area contributed by atoms with Crippen molar-refractivity contribution in [3.63, 3.8) is 0 Å². The predicted octanol–water partition coefficient (Wildman–Crippen LogP) is 4.97. The van der Waals surface area contributed by atoms with Gasteiger partial charge in [-0.15, -0.1) is 0 Å². The number of aromatic nitrogens is 2. The van der Waals surface area contributed by atoms with Gasteiger partial charge in [-0.2, -0.15) is 10.2 Å². The van der Waals surface area contributed by atoms with Crippen LogP contribution in [-0.4, -0.2) is 41.0 Å². The molecule has 3 aromatic carbocycles. The quantitative estimate of drug-likeness (QED) is 0.212. The molecule has 1 aromatic heterocycles. The van der Waals surface area contributed by atoms with Crippen molar-refractivity contribution in [3.8, 4) is 22.7 Å². The molecule has 8 nitrogen and oxygen atoms in total. The minimum Gasteiger partial charge on any atom is -0.494 e. The Labute approximate surface area is 223 Å². The SMILES string of the molecule is CCCOc1ccc(-c2nn(-c3ccccc3)cc2/C=N\NC(=O)CNC(=O)c2cccc(Br)c2)cc1. The maximum atomic E-state index is 12.3. The fourth-order valence-electron chi connectivity index (χ4n) is 3.45. The standard InChI is InChI=1S/C28H26BrN5O3/c1-2-15-37-25-13-11-20(12-14-25)27-22(19-34(33-27)24-9-4-3-5-10-24)17-31-32-26(35)18-30-28(36)21-7-6-8-23(29)16-21/h3-14,16-17,19H,2,15,18H2,1H3,(H,30,36)(H,32,35)/b31-17-. The molecule has 4 aromatic rings. The van der Waals surface area contributed by atoms with Gasteiger partial charge in [0.25, 0.3) is 11.8 Å². The van der Waals surface area contributed by atoms with Crippen LogP contribution in [0, 0.1) is 0 Å². The van der Waals surface area contributed by atoms with Crippen LogP contribution in [0.25, 0.3) is 16.9 Å². The molecule has 0 fully saturated rings. The number of hydrazone groups is 1. The Bertz CT molecular complexity index is 1380. The minimum absolute atomic E-state index is 0.210. The highest BCUT2D eigenvalue weighted by atomic mass is 79.9. The van der Waals surface area contributed by atoms with Gasteiger partial charge in [-0.1, -0.05) is 47.1 Å². The molecule has 37 heavy (non-hydrogen) atoms. The fourth-order valence-corrected chi connectivity index (χ4v) is 3.85. The summed E-state index contributed by atoms with van der Waals surface area (Å²) in [6, 6.07) is 24.3. The zero-order valence-electron chi connectivity index (χ0n) is 20.2. The Morgan fingerprint density at radius 1 is 1.05 bits per heavy atom. The highest BCUT2D eigenvalue weighted by Gasteiger charge is 2.12. The van der Waals surface area contributed by atoms with Gasteiger partial charge in [-0.3, -0.25) is 9.59 Å². The lowest BCUT2D eigenvalue weighted by atomic mass is 10.1. The first kappa shape index (κ1) is 25.8.